The summed E-state index contributed by atoms with van der Waals surface area (Å²) in [7, 11) is 0. The van der Waals surface area contributed by atoms with Crippen molar-refractivity contribution >= 4 is 16.7 Å². The van der Waals surface area contributed by atoms with Crippen LogP contribution < -0.4 is 4.74 Å². The smallest absolute Gasteiger partial charge is 0.335 e. The number of carboxylic acid groups (broad SMARTS) is 1. The molecule has 0 saturated carbocycles. The van der Waals surface area contributed by atoms with Crippen molar-refractivity contribution in [1.82, 2.24) is 0 Å². The highest BCUT2D eigenvalue weighted by Crippen LogP contribution is 2.36. The topological polar surface area (TPSA) is 46.5 Å². The molecule has 24 heavy (non-hydrogen) atoms. The minimum atomic E-state index is -0.896. The standard InChI is InChI=1S/C21H20O3/c1-3-24-20-13-12-16(17-9-5-6-10-18(17)20)14(2)15-8-4-7-11-19(15)21(22)23/h4-14H,3H2,1-2H3,(H,22,23). The Hall–Kier alpha value is -2.81. The predicted octanol–water partition coefficient (Wildman–Crippen LogP) is 5.09. The number of aromatic carboxylic acids is 1. The maximum Gasteiger partial charge on any atom is 0.335 e. The van der Waals surface area contributed by atoms with Crippen LogP contribution in [-0.4, -0.2) is 17.7 Å². The van der Waals surface area contributed by atoms with Crippen LogP contribution in [0.2, 0.25) is 0 Å². The van der Waals surface area contributed by atoms with Crippen LogP contribution in [-0.2, 0) is 0 Å². The van der Waals surface area contributed by atoms with Crippen molar-refractivity contribution in [2.24, 2.45) is 0 Å². The van der Waals surface area contributed by atoms with E-state index in [-0.39, 0.29) is 5.92 Å². The van der Waals surface area contributed by atoms with Crippen LogP contribution in [0.5, 0.6) is 5.75 Å². The molecule has 1 N–H and O–H groups in total. The molecular formula is C21H20O3. The van der Waals surface area contributed by atoms with Crippen LogP contribution in [0.15, 0.2) is 60.7 Å². The molecule has 0 spiro atoms. The quantitative estimate of drug-likeness (QED) is 0.712. The van der Waals surface area contributed by atoms with Crippen molar-refractivity contribution in [3.05, 3.63) is 77.4 Å². The van der Waals surface area contributed by atoms with Crippen LogP contribution >= 0.6 is 0 Å². The maximum absolute atomic E-state index is 11.5. The fourth-order valence-corrected chi connectivity index (χ4v) is 3.19. The average molecular weight is 320 g/mol. The Kier molecular flexibility index (Phi) is 4.52. The van der Waals surface area contributed by atoms with E-state index in [9.17, 15) is 9.90 Å². The Morgan fingerprint density at radius 1 is 0.958 bits per heavy atom. The number of benzene rings is 3. The van der Waals surface area contributed by atoms with E-state index in [0.29, 0.717) is 12.2 Å². The fourth-order valence-electron chi connectivity index (χ4n) is 3.19. The van der Waals surface area contributed by atoms with Crippen LogP contribution in [0.25, 0.3) is 10.8 Å². The lowest BCUT2D eigenvalue weighted by molar-refractivity contribution is 0.0695. The van der Waals surface area contributed by atoms with E-state index in [4.69, 9.17) is 4.74 Å². The highest BCUT2D eigenvalue weighted by Gasteiger charge is 2.19. The molecule has 0 bridgehead atoms. The van der Waals surface area contributed by atoms with Crippen molar-refractivity contribution < 1.29 is 14.6 Å². The Morgan fingerprint density at radius 2 is 1.62 bits per heavy atom. The second-order valence-corrected chi connectivity index (χ2v) is 5.75. The third kappa shape index (κ3) is 2.85. The van der Waals surface area contributed by atoms with Crippen molar-refractivity contribution in [1.29, 1.82) is 0 Å². The number of hydrogen-bond donors (Lipinski definition) is 1. The summed E-state index contributed by atoms with van der Waals surface area (Å²) in [5.41, 5.74) is 2.27. The first-order valence-electron chi connectivity index (χ1n) is 8.10. The SMILES string of the molecule is CCOc1ccc(C(C)c2ccccc2C(=O)O)c2ccccc12. The molecule has 0 saturated heterocycles. The van der Waals surface area contributed by atoms with Gasteiger partial charge in [-0.05, 0) is 35.6 Å². The summed E-state index contributed by atoms with van der Waals surface area (Å²) in [5.74, 6) is -0.0684. The van der Waals surface area contributed by atoms with Gasteiger partial charge in [0, 0.05) is 11.3 Å². The molecule has 3 aromatic carbocycles. The third-order valence-electron chi connectivity index (χ3n) is 4.34. The number of rotatable bonds is 5. The molecular weight excluding hydrogens is 300 g/mol. The zero-order valence-corrected chi connectivity index (χ0v) is 13.8. The molecule has 0 amide bonds. The Balaban J connectivity index is 2.17. The second kappa shape index (κ2) is 6.75. The lowest BCUT2D eigenvalue weighted by atomic mass is 9.86. The predicted molar refractivity (Wildman–Crippen MR) is 96.0 cm³/mol. The summed E-state index contributed by atoms with van der Waals surface area (Å²) in [6, 6.07) is 19.3. The Bertz CT molecular complexity index is 883. The second-order valence-electron chi connectivity index (χ2n) is 5.75. The summed E-state index contributed by atoms with van der Waals surface area (Å²) >= 11 is 0. The molecule has 3 heteroatoms. The molecule has 0 aromatic heterocycles. The molecule has 0 radical (unpaired) electrons. The first-order chi connectivity index (χ1) is 11.6. The number of carbonyl (C=O) groups is 1. The van der Waals surface area contributed by atoms with Gasteiger partial charge < -0.3 is 9.84 Å². The highest BCUT2D eigenvalue weighted by molar-refractivity contribution is 5.93. The van der Waals surface area contributed by atoms with E-state index in [1.807, 2.05) is 56.3 Å². The van der Waals surface area contributed by atoms with E-state index >= 15 is 0 Å². The van der Waals surface area contributed by atoms with Gasteiger partial charge in [0.2, 0.25) is 0 Å². The fraction of sp³-hybridized carbons (Fsp3) is 0.190. The van der Waals surface area contributed by atoms with E-state index in [1.54, 1.807) is 12.1 Å². The van der Waals surface area contributed by atoms with E-state index in [0.717, 1.165) is 27.6 Å². The average Bonchev–Trinajstić information content (AvgIpc) is 2.61. The van der Waals surface area contributed by atoms with Gasteiger partial charge in [0.25, 0.3) is 0 Å². The molecule has 0 aliphatic rings. The van der Waals surface area contributed by atoms with Gasteiger partial charge in [-0.2, -0.15) is 0 Å². The molecule has 0 aliphatic carbocycles. The monoisotopic (exact) mass is 320 g/mol. The molecule has 1 unspecified atom stereocenters. The van der Waals surface area contributed by atoms with Crippen molar-refractivity contribution in [3.63, 3.8) is 0 Å². The lowest BCUT2D eigenvalue weighted by Crippen LogP contribution is -2.07. The van der Waals surface area contributed by atoms with Gasteiger partial charge in [0.1, 0.15) is 5.75 Å². The van der Waals surface area contributed by atoms with Gasteiger partial charge in [-0.1, -0.05) is 55.5 Å². The van der Waals surface area contributed by atoms with E-state index < -0.39 is 5.97 Å². The minimum absolute atomic E-state index is 0.0297. The normalized spacial score (nSPS) is 12.1. The van der Waals surface area contributed by atoms with E-state index in [1.165, 1.54) is 0 Å². The van der Waals surface area contributed by atoms with Crippen molar-refractivity contribution in [3.8, 4) is 5.75 Å². The number of hydrogen-bond acceptors (Lipinski definition) is 2. The summed E-state index contributed by atoms with van der Waals surface area (Å²) in [5, 5.41) is 11.6. The van der Waals surface area contributed by atoms with Crippen molar-refractivity contribution in [2.45, 2.75) is 19.8 Å². The summed E-state index contributed by atoms with van der Waals surface area (Å²) in [4.78, 5) is 11.5. The highest BCUT2D eigenvalue weighted by atomic mass is 16.5. The van der Waals surface area contributed by atoms with Crippen LogP contribution in [0, 0.1) is 0 Å². The van der Waals surface area contributed by atoms with Crippen LogP contribution in [0.1, 0.15) is 41.3 Å². The molecule has 0 aliphatic heterocycles. The van der Waals surface area contributed by atoms with Gasteiger partial charge in [0.15, 0.2) is 0 Å². The van der Waals surface area contributed by atoms with Crippen LogP contribution in [0.4, 0.5) is 0 Å². The van der Waals surface area contributed by atoms with Gasteiger partial charge in [-0.25, -0.2) is 4.79 Å². The van der Waals surface area contributed by atoms with Crippen LogP contribution in [0.3, 0.4) is 0 Å². The van der Waals surface area contributed by atoms with Crippen molar-refractivity contribution in [2.75, 3.05) is 6.61 Å². The Morgan fingerprint density at radius 3 is 2.33 bits per heavy atom. The maximum atomic E-state index is 11.5. The van der Waals surface area contributed by atoms with E-state index in [2.05, 4.69) is 6.07 Å². The Labute approximate surface area is 141 Å². The molecule has 0 heterocycles. The zero-order chi connectivity index (χ0) is 17.1. The molecule has 122 valence electrons. The lowest BCUT2D eigenvalue weighted by Gasteiger charge is -2.19. The molecule has 0 fully saturated rings. The molecule has 1 atom stereocenters. The van der Waals surface area contributed by atoms with Gasteiger partial charge in [-0.15, -0.1) is 0 Å². The zero-order valence-electron chi connectivity index (χ0n) is 13.8. The van der Waals surface area contributed by atoms with Gasteiger partial charge in [0.05, 0.1) is 12.2 Å². The first-order valence-corrected chi connectivity index (χ1v) is 8.10. The van der Waals surface area contributed by atoms with Gasteiger partial charge >= 0.3 is 5.97 Å². The largest absolute Gasteiger partial charge is 0.493 e. The number of ether oxygens (including phenoxy) is 1. The molecule has 3 nitrogen and oxygen atoms in total. The summed E-state index contributed by atoms with van der Waals surface area (Å²) < 4.78 is 5.73. The van der Waals surface area contributed by atoms with Gasteiger partial charge in [-0.3, -0.25) is 0 Å². The third-order valence-corrected chi connectivity index (χ3v) is 4.34. The number of fused-ring (bicyclic) bond motifs is 1. The molecule has 3 rings (SSSR count). The summed E-state index contributed by atoms with van der Waals surface area (Å²) in [6.07, 6.45) is 0. The first kappa shape index (κ1) is 16.1. The summed E-state index contributed by atoms with van der Waals surface area (Å²) in [6.45, 7) is 4.62. The number of carboxylic acids is 1. The minimum Gasteiger partial charge on any atom is -0.493 e. The molecule has 3 aromatic rings.